The average Bonchev–Trinajstić information content (AvgIpc) is 2.65. The molecule has 0 unspecified atom stereocenters. The molecule has 0 fully saturated rings. The zero-order valence-electron chi connectivity index (χ0n) is 13.7. The van der Waals surface area contributed by atoms with Crippen molar-refractivity contribution in [1.29, 1.82) is 0 Å². The van der Waals surface area contributed by atoms with Gasteiger partial charge >= 0.3 is 0 Å². The number of nitrogens with zero attached hydrogens (tertiary/aromatic N) is 1. The van der Waals surface area contributed by atoms with Crippen molar-refractivity contribution >= 4 is 34.7 Å². The standard InChI is InChI=1S/C20H16ClNO3/c1-23-18-10-13(11-19-20(18)25-9-8-24-19)2-6-16-7-4-14-3-5-15(21)12-17(14)22-16/h2-7,10-12H,8-9H2,1H3/b6-2+. The Hall–Kier alpha value is -2.72. The highest BCUT2D eigenvalue weighted by molar-refractivity contribution is 6.31. The average molecular weight is 354 g/mol. The number of rotatable bonds is 3. The topological polar surface area (TPSA) is 40.6 Å². The molecule has 1 aliphatic rings. The van der Waals surface area contributed by atoms with Crippen LogP contribution in [0.15, 0.2) is 42.5 Å². The summed E-state index contributed by atoms with van der Waals surface area (Å²) in [7, 11) is 1.62. The molecule has 0 spiro atoms. The van der Waals surface area contributed by atoms with E-state index >= 15 is 0 Å². The van der Waals surface area contributed by atoms with E-state index in [2.05, 4.69) is 4.98 Å². The maximum absolute atomic E-state index is 6.05. The Morgan fingerprint density at radius 2 is 1.88 bits per heavy atom. The van der Waals surface area contributed by atoms with E-state index in [0.717, 1.165) is 22.2 Å². The third-order valence-corrected chi connectivity index (χ3v) is 4.21. The second-order valence-corrected chi connectivity index (χ2v) is 6.09. The van der Waals surface area contributed by atoms with Crippen molar-refractivity contribution in [3.05, 3.63) is 58.7 Å². The Morgan fingerprint density at radius 1 is 1.04 bits per heavy atom. The maximum atomic E-state index is 6.05. The quantitative estimate of drug-likeness (QED) is 0.675. The zero-order valence-corrected chi connectivity index (χ0v) is 14.4. The Bertz CT molecular complexity index is 951. The molecule has 1 aliphatic heterocycles. The van der Waals surface area contributed by atoms with Gasteiger partial charge in [-0.25, -0.2) is 4.98 Å². The third kappa shape index (κ3) is 3.26. The minimum Gasteiger partial charge on any atom is -0.493 e. The fourth-order valence-electron chi connectivity index (χ4n) is 2.77. The summed E-state index contributed by atoms with van der Waals surface area (Å²) in [4.78, 5) is 4.62. The monoisotopic (exact) mass is 353 g/mol. The van der Waals surface area contributed by atoms with Crippen molar-refractivity contribution in [3.63, 3.8) is 0 Å². The fraction of sp³-hybridized carbons (Fsp3) is 0.150. The fourth-order valence-corrected chi connectivity index (χ4v) is 2.94. The first-order chi connectivity index (χ1) is 12.2. The molecule has 1 aromatic heterocycles. The molecule has 5 heteroatoms. The Balaban J connectivity index is 1.67. The lowest BCUT2D eigenvalue weighted by Crippen LogP contribution is -2.16. The number of methoxy groups -OCH3 is 1. The zero-order chi connectivity index (χ0) is 17.2. The van der Waals surface area contributed by atoms with E-state index in [9.17, 15) is 0 Å². The number of hydrogen-bond donors (Lipinski definition) is 0. The van der Waals surface area contributed by atoms with E-state index in [0.29, 0.717) is 35.5 Å². The van der Waals surface area contributed by atoms with E-state index in [4.69, 9.17) is 25.8 Å². The summed E-state index contributed by atoms with van der Waals surface area (Å²) in [5, 5.41) is 1.74. The number of ether oxygens (including phenoxy) is 3. The minimum atomic E-state index is 0.530. The van der Waals surface area contributed by atoms with Crippen LogP contribution in [-0.4, -0.2) is 25.3 Å². The molecular formula is C20H16ClNO3. The summed E-state index contributed by atoms with van der Waals surface area (Å²) in [6, 6.07) is 13.5. The van der Waals surface area contributed by atoms with Crippen LogP contribution in [-0.2, 0) is 0 Å². The molecule has 126 valence electrons. The van der Waals surface area contributed by atoms with E-state index in [-0.39, 0.29) is 0 Å². The number of pyridine rings is 1. The largest absolute Gasteiger partial charge is 0.493 e. The number of halogens is 1. The van der Waals surface area contributed by atoms with Gasteiger partial charge in [-0.15, -0.1) is 0 Å². The SMILES string of the molecule is COc1cc(/C=C/c2ccc3ccc(Cl)cc3n2)cc2c1OCCO2. The molecule has 0 amide bonds. The van der Waals surface area contributed by atoms with E-state index in [1.807, 2.05) is 54.6 Å². The molecule has 3 aromatic rings. The smallest absolute Gasteiger partial charge is 0.203 e. The van der Waals surface area contributed by atoms with Crippen LogP contribution in [0.4, 0.5) is 0 Å². The van der Waals surface area contributed by atoms with Crippen LogP contribution in [0, 0.1) is 0 Å². The van der Waals surface area contributed by atoms with Gasteiger partial charge in [0.1, 0.15) is 13.2 Å². The lowest BCUT2D eigenvalue weighted by atomic mass is 10.1. The van der Waals surface area contributed by atoms with Crippen molar-refractivity contribution in [2.75, 3.05) is 20.3 Å². The van der Waals surface area contributed by atoms with Crippen LogP contribution >= 0.6 is 11.6 Å². The van der Waals surface area contributed by atoms with Crippen LogP contribution in [0.25, 0.3) is 23.1 Å². The van der Waals surface area contributed by atoms with Crippen LogP contribution in [0.1, 0.15) is 11.3 Å². The molecule has 0 atom stereocenters. The van der Waals surface area contributed by atoms with Gasteiger partial charge in [-0.05, 0) is 42.0 Å². The van der Waals surface area contributed by atoms with Gasteiger partial charge in [-0.2, -0.15) is 0 Å². The Kier molecular flexibility index (Phi) is 4.20. The lowest BCUT2D eigenvalue weighted by molar-refractivity contribution is 0.165. The molecule has 2 aromatic carbocycles. The molecule has 0 radical (unpaired) electrons. The summed E-state index contributed by atoms with van der Waals surface area (Å²) < 4.78 is 16.7. The van der Waals surface area contributed by atoms with Gasteiger partial charge in [0.15, 0.2) is 11.5 Å². The van der Waals surface area contributed by atoms with Gasteiger partial charge in [0.05, 0.1) is 18.3 Å². The Morgan fingerprint density at radius 3 is 2.76 bits per heavy atom. The molecule has 4 nitrogen and oxygen atoms in total. The first-order valence-electron chi connectivity index (χ1n) is 7.95. The lowest BCUT2D eigenvalue weighted by Gasteiger charge is -2.20. The van der Waals surface area contributed by atoms with Crippen molar-refractivity contribution in [2.24, 2.45) is 0 Å². The van der Waals surface area contributed by atoms with Gasteiger partial charge in [0.25, 0.3) is 0 Å². The normalized spacial score (nSPS) is 13.4. The second kappa shape index (κ2) is 6.65. The van der Waals surface area contributed by atoms with Crippen molar-refractivity contribution in [3.8, 4) is 17.2 Å². The van der Waals surface area contributed by atoms with Crippen molar-refractivity contribution in [2.45, 2.75) is 0 Å². The molecule has 0 bridgehead atoms. The number of aromatic nitrogens is 1. The van der Waals surface area contributed by atoms with Crippen molar-refractivity contribution in [1.82, 2.24) is 4.98 Å². The Labute approximate surface area is 150 Å². The van der Waals surface area contributed by atoms with Gasteiger partial charge in [0, 0.05) is 10.4 Å². The van der Waals surface area contributed by atoms with Crippen molar-refractivity contribution < 1.29 is 14.2 Å². The third-order valence-electron chi connectivity index (χ3n) is 3.97. The molecule has 0 saturated heterocycles. The molecule has 4 rings (SSSR count). The highest BCUT2D eigenvalue weighted by atomic mass is 35.5. The van der Waals surface area contributed by atoms with Crippen LogP contribution < -0.4 is 14.2 Å². The number of benzene rings is 2. The molecule has 0 saturated carbocycles. The summed E-state index contributed by atoms with van der Waals surface area (Å²) in [5.74, 6) is 2.02. The summed E-state index contributed by atoms with van der Waals surface area (Å²) in [5.41, 5.74) is 2.67. The van der Waals surface area contributed by atoms with Gasteiger partial charge < -0.3 is 14.2 Å². The molecular weight excluding hydrogens is 338 g/mol. The first-order valence-corrected chi connectivity index (χ1v) is 8.33. The van der Waals surface area contributed by atoms with E-state index in [1.54, 1.807) is 7.11 Å². The molecule has 0 aliphatic carbocycles. The van der Waals surface area contributed by atoms with E-state index in [1.165, 1.54) is 0 Å². The van der Waals surface area contributed by atoms with Gasteiger partial charge in [-0.1, -0.05) is 29.8 Å². The van der Waals surface area contributed by atoms with E-state index < -0.39 is 0 Å². The second-order valence-electron chi connectivity index (χ2n) is 5.65. The van der Waals surface area contributed by atoms with Crippen LogP contribution in [0.2, 0.25) is 5.02 Å². The maximum Gasteiger partial charge on any atom is 0.203 e. The van der Waals surface area contributed by atoms with Gasteiger partial charge in [0.2, 0.25) is 5.75 Å². The molecule has 25 heavy (non-hydrogen) atoms. The molecule has 0 N–H and O–H groups in total. The number of hydrogen-bond acceptors (Lipinski definition) is 4. The predicted molar refractivity (Wildman–Crippen MR) is 99.7 cm³/mol. The van der Waals surface area contributed by atoms with Crippen LogP contribution in [0.3, 0.4) is 0 Å². The summed E-state index contributed by atoms with van der Waals surface area (Å²) in [6.07, 6.45) is 3.92. The summed E-state index contributed by atoms with van der Waals surface area (Å²) in [6.45, 7) is 1.07. The first kappa shape index (κ1) is 15.8. The molecule has 2 heterocycles. The minimum absolute atomic E-state index is 0.530. The highest BCUT2D eigenvalue weighted by Crippen LogP contribution is 2.40. The van der Waals surface area contributed by atoms with Gasteiger partial charge in [-0.3, -0.25) is 0 Å². The number of fused-ring (bicyclic) bond motifs is 2. The van der Waals surface area contributed by atoms with Crippen LogP contribution in [0.5, 0.6) is 17.2 Å². The highest BCUT2D eigenvalue weighted by Gasteiger charge is 2.17. The predicted octanol–water partition coefficient (Wildman–Crippen LogP) is 4.84. The summed E-state index contributed by atoms with van der Waals surface area (Å²) >= 11 is 6.05.